The average Bonchev–Trinajstić information content (AvgIpc) is 3.29. The van der Waals surface area contributed by atoms with Gasteiger partial charge in [-0.1, -0.05) is 0 Å². The van der Waals surface area contributed by atoms with Gasteiger partial charge in [0.05, 0.1) is 43.2 Å². The Bertz CT molecular complexity index is 818. The van der Waals surface area contributed by atoms with Gasteiger partial charge in [0.1, 0.15) is 36.1 Å². The molecule has 3 aliphatic heterocycles. The molecule has 200 valence electrons. The van der Waals surface area contributed by atoms with Crippen LogP contribution in [0.25, 0.3) is 0 Å². The molecule has 8 N–H and O–H groups in total. The molecule has 0 spiro atoms. The van der Waals surface area contributed by atoms with Gasteiger partial charge in [0, 0.05) is 5.92 Å². The minimum Gasteiger partial charge on any atom is -0.478 e. The molecule has 12 atom stereocenters. The van der Waals surface area contributed by atoms with Crippen LogP contribution in [0.15, 0.2) is 11.8 Å². The summed E-state index contributed by atoms with van der Waals surface area (Å²) in [6.07, 6.45) is -10.6. The van der Waals surface area contributed by atoms with Crippen LogP contribution in [0.2, 0.25) is 0 Å². The lowest BCUT2D eigenvalue weighted by atomic mass is 9.81. The Labute approximate surface area is 199 Å². The molecule has 0 radical (unpaired) electrons. The zero-order valence-electron chi connectivity index (χ0n) is 18.9. The maximum absolute atomic E-state index is 11.6. The third-order valence-electron chi connectivity index (χ3n) is 7.35. The molecule has 0 aromatic rings. The summed E-state index contributed by atoms with van der Waals surface area (Å²) < 4.78 is 27.8. The maximum Gasteiger partial charge on any atom is 0.334 e. The van der Waals surface area contributed by atoms with Crippen LogP contribution in [0.3, 0.4) is 0 Å². The van der Waals surface area contributed by atoms with Gasteiger partial charge in [0.25, 0.3) is 0 Å². The van der Waals surface area contributed by atoms with Gasteiger partial charge >= 0.3 is 5.97 Å². The highest BCUT2D eigenvalue weighted by Crippen LogP contribution is 2.49. The van der Waals surface area contributed by atoms with E-state index in [9.17, 15) is 45.6 Å². The Kier molecular flexibility index (Phi) is 7.45. The zero-order chi connectivity index (χ0) is 25.7. The molecule has 1 saturated carbocycles. The highest BCUT2D eigenvalue weighted by molar-refractivity contribution is 5.87. The smallest absolute Gasteiger partial charge is 0.334 e. The van der Waals surface area contributed by atoms with Crippen molar-refractivity contribution in [3.05, 3.63) is 11.8 Å². The van der Waals surface area contributed by atoms with E-state index in [1.165, 1.54) is 6.92 Å². The molecule has 0 bridgehead atoms. The number of carboxylic acids is 1. The van der Waals surface area contributed by atoms with Gasteiger partial charge in [-0.25, -0.2) is 4.79 Å². The normalized spacial score (nSPS) is 49.9. The van der Waals surface area contributed by atoms with Gasteiger partial charge in [-0.15, -0.1) is 0 Å². The average molecular weight is 508 g/mol. The number of hydrogen-bond donors (Lipinski definition) is 8. The number of fused-ring (bicyclic) bond motifs is 1. The van der Waals surface area contributed by atoms with Crippen molar-refractivity contribution in [3.8, 4) is 0 Å². The Balaban J connectivity index is 1.58. The number of carbonyl (C=O) groups is 1. The number of hydrogen-bond acceptors (Lipinski definition) is 13. The van der Waals surface area contributed by atoms with Crippen LogP contribution < -0.4 is 0 Å². The first-order valence-corrected chi connectivity index (χ1v) is 11.3. The second-order valence-electron chi connectivity index (χ2n) is 9.74. The number of aliphatic hydroxyl groups excluding tert-OH is 5. The van der Waals surface area contributed by atoms with Crippen molar-refractivity contribution in [1.82, 2.24) is 0 Å². The SMILES string of the molecule is C[C@]1(O)CC[C@@H]2C(C(=O)O)=CO[C@@H](O[C@@H]3O[C@H](CO)[C@@H](O)[C@H](O)[C@H]3O[C@@H]3OC[C@](O)(CO)[C@H]3O)[C@@H]21. The summed E-state index contributed by atoms with van der Waals surface area (Å²) in [5.74, 6) is -2.64. The van der Waals surface area contributed by atoms with E-state index in [0.717, 1.165) is 6.26 Å². The Morgan fingerprint density at radius 2 is 1.83 bits per heavy atom. The maximum atomic E-state index is 11.6. The number of ether oxygens (including phenoxy) is 5. The summed E-state index contributed by atoms with van der Waals surface area (Å²) in [6.45, 7) is -0.492. The third kappa shape index (κ3) is 4.69. The van der Waals surface area contributed by atoms with E-state index in [-0.39, 0.29) is 12.0 Å². The fraction of sp³-hybridized carbons (Fsp3) is 0.857. The van der Waals surface area contributed by atoms with Crippen molar-refractivity contribution in [2.24, 2.45) is 11.8 Å². The molecule has 0 aromatic carbocycles. The fourth-order valence-electron chi connectivity index (χ4n) is 5.20. The molecule has 0 amide bonds. The molecule has 14 nitrogen and oxygen atoms in total. The quantitative estimate of drug-likeness (QED) is 0.166. The van der Waals surface area contributed by atoms with Crippen molar-refractivity contribution in [1.29, 1.82) is 0 Å². The summed E-state index contributed by atoms with van der Waals surface area (Å²) in [5.41, 5.74) is -3.42. The minimum atomic E-state index is -2.02. The van der Waals surface area contributed by atoms with E-state index in [1.54, 1.807) is 0 Å². The van der Waals surface area contributed by atoms with Crippen LogP contribution in [0.5, 0.6) is 0 Å². The number of aliphatic hydroxyl groups is 7. The second-order valence-corrected chi connectivity index (χ2v) is 9.74. The van der Waals surface area contributed by atoms with Gasteiger partial charge in [-0.05, 0) is 19.8 Å². The largest absolute Gasteiger partial charge is 0.478 e. The Hall–Kier alpha value is -1.43. The van der Waals surface area contributed by atoms with Crippen molar-refractivity contribution < 1.29 is 69.3 Å². The third-order valence-corrected chi connectivity index (χ3v) is 7.35. The number of carboxylic acid groups (broad SMARTS) is 1. The summed E-state index contributed by atoms with van der Waals surface area (Å²) in [4.78, 5) is 11.6. The van der Waals surface area contributed by atoms with Crippen LogP contribution in [-0.4, -0.2) is 127 Å². The van der Waals surface area contributed by atoms with Crippen LogP contribution in [0, 0.1) is 11.8 Å². The van der Waals surface area contributed by atoms with E-state index < -0.39 is 98.2 Å². The predicted octanol–water partition coefficient (Wildman–Crippen LogP) is -3.63. The number of rotatable bonds is 7. The molecular weight excluding hydrogens is 476 g/mol. The first kappa shape index (κ1) is 26.6. The molecule has 4 rings (SSSR count). The van der Waals surface area contributed by atoms with Crippen molar-refractivity contribution in [2.75, 3.05) is 19.8 Å². The van der Waals surface area contributed by atoms with Crippen LogP contribution in [-0.2, 0) is 28.5 Å². The lowest BCUT2D eigenvalue weighted by Crippen LogP contribution is -2.62. The lowest BCUT2D eigenvalue weighted by molar-refractivity contribution is -0.368. The highest BCUT2D eigenvalue weighted by Gasteiger charge is 2.57. The molecule has 2 saturated heterocycles. The second kappa shape index (κ2) is 9.79. The monoisotopic (exact) mass is 508 g/mol. The van der Waals surface area contributed by atoms with Gasteiger partial charge in [0.2, 0.25) is 6.29 Å². The standard InChI is InChI=1S/C21H32O14/c1-20(29)3-2-8-9(16(27)28)5-31-17(11(8)20)35-18-14(13(25)12(24)10(4-22)33-18)34-19-15(26)21(30,6-23)7-32-19/h5,8,10-15,17-19,22-26,29-30H,2-4,6-7H2,1H3,(H,27,28)/t8-,10-,11-,12-,13+,14-,15+,17+,18+,19+,20+,21-/m1/s1. The molecule has 3 fully saturated rings. The molecule has 0 aromatic heterocycles. The minimum absolute atomic E-state index is 0.0283. The van der Waals surface area contributed by atoms with E-state index >= 15 is 0 Å². The summed E-state index contributed by atoms with van der Waals surface area (Å²) in [5, 5.41) is 80.9. The van der Waals surface area contributed by atoms with Crippen molar-refractivity contribution >= 4 is 5.97 Å². The van der Waals surface area contributed by atoms with Gasteiger partial charge in [-0.2, -0.15) is 0 Å². The van der Waals surface area contributed by atoms with Crippen molar-refractivity contribution in [3.63, 3.8) is 0 Å². The first-order chi connectivity index (χ1) is 16.4. The van der Waals surface area contributed by atoms with Crippen LogP contribution >= 0.6 is 0 Å². The van der Waals surface area contributed by atoms with Crippen LogP contribution in [0.1, 0.15) is 19.8 Å². The van der Waals surface area contributed by atoms with Crippen molar-refractivity contribution in [2.45, 2.75) is 80.4 Å². The summed E-state index contributed by atoms with van der Waals surface area (Å²) in [7, 11) is 0. The molecule has 1 aliphatic carbocycles. The van der Waals surface area contributed by atoms with Crippen LogP contribution in [0.4, 0.5) is 0 Å². The summed E-state index contributed by atoms with van der Waals surface area (Å²) >= 11 is 0. The number of aliphatic carboxylic acids is 1. The molecule has 14 heteroatoms. The van der Waals surface area contributed by atoms with E-state index in [2.05, 4.69) is 0 Å². The Morgan fingerprint density at radius 1 is 1.11 bits per heavy atom. The zero-order valence-corrected chi connectivity index (χ0v) is 18.9. The molecule has 4 aliphatic rings. The van der Waals surface area contributed by atoms with E-state index in [1.807, 2.05) is 0 Å². The Morgan fingerprint density at radius 3 is 2.43 bits per heavy atom. The highest BCUT2D eigenvalue weighted by atomic mass is 16.8. The summed E-state index contributed by atoms with van der Waals surface area (Å²) in [6, 6.07) is 0. The molecule has 35 heavy (non-hydrogen) atoms. The lowest BCUT2D eigenvalue weighted by Gasteiger charge is -2.45. The predicted molar refractivity (Wildman–Crippen MR) is 109 cm³/mol. The topological polar surface area (TPSA) is 225 Å². The molecular formula is C21H32O14. The van der Waals surface area contributed by atoms with E-state index in [0.29, 0.717) is 6.42 Å². The molecule has 0 unspecified atom stereocenters. The first-order valence-electron chi connectivity index (χ1n) is 11.3. The van der Waals surface area contributed by atoms with E-state index in [4.69, 9.17) is 23.7 Å². The van der Waals surface area contributed by atoms with Gasteiger partial charge in [-0.3, -0.25) is 0 Å². The molecule has 3 heterocycles. The van der Waals surface area contributed by atoms with Gasteiger partial charge < -0.3 is 64.5 Å². The van der Waals surface area contributed by atoms with Gasteiger partial charge in [0.15, 0.2) is 12.6 Å². The fourth-order valence-corrected chi connectivity index (χ4v) is 5.20.